The van der Waals surface area contributed by atoms with E-state index in [1.54, 1.807) is 0 Å². The van der Waals surface area contributed by atoms with Crippen LogP contribution in [0, 0.1) is 5.92 Å². The highest BCUT2D eigenvalue weighted by Crippen LogP contribution is 2.25. The molecule has 1 heterocycles. The molecule has 4 nitrogen and oxygen atoms in total. The van der Waals surface area contributed by atoms with E-state index in [1.165, 1.54) is 4.31 Å². The van der Waals surface area contributed by atoms with E-state index < -0.39 is 10.2 Å². The van der Waals surface area contributed by atoms with Crippen LogP contribution in [-0.4, -0.2) is 36.8 Å². The second kappa shape index (κ2) is 4.16. The standard InChI is InChI=1S/C7H16N2O2S2/c1-6(2)7-5-9(3-4-12-7)13(8,10)11/h6-7H,3-5H2,1-2H3,(H2,8,10,11). The fraction of sp³-hybridized carbons (Fsp3) is 1.00. The highest BCUT2D eigenvalue weighted by Gasteiger charge is 2.28. The molecule has 1 atom stereocenters. The minimum absolute atomic E-state index is 0.382. The Balaban J connectivity index is 2.62. The monoisotopic (exact) mass is 224 g/mol. The minimum atomic E-state index is -3.47. The summed E-state index contributed by atoms with van der Waals surface area (Å²) in [6, 6.07) is 0. The first-order chi connectivity index (χ1) is 5.91. The first kappa shape index (κ1) is 11.3. The summed E-state index contributed by atoms with van der Waals surface area (Å²) in [6.45, 7) is 5.31. The van der Waals surface area contributed by atoms with Gasteiger partial charge in [0.2, 0.25) is 0 Å². The third-order valence-corrected chi connectivity index (χ3v) is 4.75. The van der Waals surface area contributed by atoms with E-state index in [4.69, 9.17) is 5.14 Å². The Morgan fingerprint density at radius 2 is 2.15 bits per heavy atom. The Kier molecular flexibility index (Phi) is 3.62. The molecule has 1 saturated heterocycles. The number of thioether (sulfide) groups is 1. The van der Waals surface area contributed by atoms with Crippen molar-refractivity contribution in [2.75, 3.05) is 18.8 Å². The molecular formula is C7H16N2O2S2. The molecule has 0 aromatic carbocycles. The summed E-state index contributed by atoms with van der Waals surface area (Å²) in [7, 11) is -3.47. The van der Waals surface area contributed by atoms with Crippen LogP contribution in [-0.2, 0) is 10.2 Å². The summed E-state index contributed by atoms with van der Waals surface area (Å²) < 4.78 is 23.5. The number of nitrogens with two attached hydrogens (primary N) is 1. The van der Waals surface area contributed by atoms with Crippen molar-refractivity contribution in [3.8, 4) is 0 Å². The third-order valence-electron chi connectivity index (χ3n) is 2.16. The summed E-state index contributed by atoms with van der Waals surface area (Å²) in [5.74, 6) is 1.34. The molecular weight excluding hydrogens is 208 g/mol. The smallest absolute Gasteiger partial charge is 0.216 e. The molecule has 0 amide bonds. The van der Waals surface area contributed by atoms with Crippen LogP contribution in [0.4, 0.5) is 0 Å². The Hall–Kier alpha value is 0.220. The average molecular weight is 224 g/mol. The highest BCUT2D eigenvalue weighted by atomic mass is 32.2. The van der Waals surface area contributed by atoms with E-state index in [0.29, 0.717) is 24.3 Å². The second-order valence-electron chi connectivity index (χ2n) is 3.56. The van der Waals surface area contributed by atoms with Crippen molar-refractivity contribution in [2.45, 2.75) is 19.1 Å². The molecule has 1 fully saturated rings. The lowest BCUT2D eigenvalue weighted by molar-refractivity contribution is 0.392. The number of hydrogen-bond donors (Lipinski definition) is 1. The Labute approximate surface area is 84.0 Å². The van der Waals surface area contributed by atoms with Gasteiger partial charge in [-0.3, -0.25) is 0 Å². The zero-order valence-electron chi connectivity index (χ0n) is 7.93. The average Bonchev–Trinajstić information content (AvgIpc) is 2.03. The maximum Gasteiger partial charge on any atom is 0.276 e. The largest absolute Gasteiger partial charge is 0.276 e. The Bertz CT molecular complexity index is 264. The van der Waals surface area contributed by atoms with Gasteiger partial charge in [0.15, 0.2) is 0 Å². The molecule has 78 valence electrons. The Morgan fingerprint density at radius 1 is 1.54 bits per heavy atom. The molecule has 0 aromatic rings. The molecule has 0 aliphatic carbocycles. The van der Waals surface area contributed by atoms with Crippen molar-refractivity contribution in [1.82, 2.24) is 4.31 Å². The van der Waals surface area contributed by atoms with Crippen LogP contribution in [0.25, 0.3) is 0 Å². The molecule has 2 N–H and O–H groups in total. The van der Waals surface area contributed by atoms with Crippen molar-refractivity contribution in [2.24, 2.45) is 11.1 Å². The maximum atomic E-state index is 11.0. The van der Waals surface area contributed by atoms with E-state index in [1.807, 2.05) is 11.8 Å². The van der Waals surface area contributed by atoms with Gasteiger partial charge in [-0.2, -0.15) is 24.5 Å². The normalized spacial score (nSPS) is 26.6. The van der Waals surface area contributed by atoms with Crippen LogP contribution in [0.5, 0.6) is 0 Å². The molecule has 1 unspecified atom stereocenters. The summed E-state index contributed by atoms with van der Waals surface area (Å²) in [5.41, 5.74) is 0. The van der Waals surface area contributed by atoms with Crippen LogP contribution in [0.15, 0.2) is 0 Å². The van der Waals surface area contributed by atoms with Crippen LogP contribution < -0.4 is 5.14 Å². The number of nitrogens with zero attached hydrogens (tertiary/aromatic N) is 1. The molecule has 0 radical (unpaired) electrons. The lowest BCUT2D eigenvalue weighted by Gasteiger charge is -2.32. The van der Waals surface area contributed by atoms with Crippen molar-refractivity contribution in [3.63, 3.8) is 0 Å². The summed E-state index contributed by atoms with van der Waals surface area (Å²) in [4.78, 5) is 0. The molecule has 0 spiro atoms. The molecule has 0 aromatic heterocycles. The van der Waals surface area contributed by atoms with Gasteiger partial charge in [0.05, 0.1) is 0 Å². The van der Waals surface area contributed by atoms with Gasteiger partial charge in [0.25, 0.3) is 10.2 Å². The predicted octanol–water partition coefficient (Wildman–Crippen LogP) is 0.263. The highest BCUT2D eigenvalue weighted by molar-refractivity contribution is 8.00. The van der Waals surface area contributed by atoms with Crippen molar-refractivity contribution in [1.29, 1.82) is 0 Å². The van der Waals surface area contributed by atoms with E-state index in [-0.39, 0.29) is 0 Å². The van der Waals surface area contributed by atoms with Crippen molar-refractivity contribution in [3.05, 3.63) is 0 Å². The first-order valence-corrected chi connectivity index (χ1v) is 6.86. The molecule has 1 rings (SSSR count). The van der Waals surface area contributed by atoms with Crippen LogP contribution >= 0.6 is 11.8 Å². The minimum Gasteiger partial charge on any atom is -0.216 e. The zero-order valence-corrected chi connectivity index (χ0v) is 9.57. The number of rotatable bonds is 2. The molecule has 0 bridgehead atoms. The van der Waals surface area contributed by atoms with Gasteiger partial charge in [-0.05, 0) is 5.92 Å². The molecule has 1 aliphatic rings. The fourth-order valence-electron chi connectivity index (χ4n) is 1.28. The topological polar surface area (TPSA) is 63.4 Å². The van der Waals surface area contributed by atoms with Crippen LogP contribution in [0.3, 0.4) is 0 Å². The molecule has 0 saturated carbocycles. The zero-order chi connectivity index (χ0) is 10.1. The van der Waals surface area contributed by atoms with Gasteiger partial charge in [-0.15, -0.1) is 0 Å². The third kappa shape index (κ3) is 3.12. The first-order valence-electron chi connectivity index (χ1n) is 4.30. The van der Waals surface area contributed by atoms with Gasteiger partial charge in [0, 0.05) is 24.1 Å². The van der Waals surface area contributed by atoms with Gasteiger partial charge >= 0.3 is 0 Å². The number of hydrogen-bond acceptors (Lipinski definition) is 3. The quantitative estimate of drug-likeness (QED) is 0.732. The van der Waals surface area contributed by atoms with Crippen LogP contribution in [0.2, 0.25) is 0 Å². The summed E-state index contributed by atoms with van der Waals surface area (Å²) in [6.07, 6.45) is 0. The molecule has 13 heavy (non-hydrogen) atoms. The van der Waals surface area contributed by atoms with Gasteiger partial charge in [-0.25, -0.2) is 5.14 Å². The summed E-state index contributed by atoms with van der Waals surface area (Å²) in [5, 5.41) is 5.44. The van der Waals surface area contributed by atoms with Crippen molar-refractivity contribution < 1.29 is 8.42 Å². The van der Waals surface area contributed by atoms with Crippen LogP contribution in [0.1, 0.15) is 13.8 Å². The second-order valence-corrected chi connectivity index (χ2v) is 6.45. The van der Waals surface area contributed by atoms with Gasteiger partial charge < -0.3 is 0 Å². The van der Waals surface area contributed by atoms with Crippen molar-refractivity contribution >= 4 is 22.0 Å². The fourth-order valence-corrected chi connectivity index (χ4v) is 3.51. The van der Waals surface area contributed by atoms with Gasteiger partial charge in [-0.1, -0.05) is 13.8 Å². The Morgan fingerprint density at radius 3 is 2.62 bits per heavy atom. The lowest BCUT2D eigenvalue weighted by Crippen LogP contribution is -2.46. The lowest BCUT2D eigenvalue weighted by atomic mass is 10.1. The SMILES string of the molecule is CC(C)C1CN(S(N)(=O)=O)CCS1. The predicted molar refractivity (Wildman–Crippen MR) is 55.8 cm³/mol. The maximum absolute atomic E-state index is 11.0. The van der Waals surface area contributed by atoms with Gasteiger partial charge in [0.1, 0.15) is 0 Å². The van der Waals surface area contributed by atoms with E-state index in [2.05, 4.69) is 13.8 Å². The summed E-state index contributed by atoms with van der Waals surface area (Å²) >= 11 is 1.83. The van der Waals surface area contributed by atoms with E-state index in [0.717, 1.165) is 5.75 Å². The molecule has 6 heteroatoms. The van der Waals surface area contributed by atoms with E-state index >= 15 is 0 Å². The molecule has 1 aliphatic heterocycles. The van der Waals surface area contributed by atoms with E-state index in [9.17, 15) is 8.42 Å².